The number of hydrogen-bond donors (Lipinski definition) is 1. The van der Waals surface area contributed by atoms with E-state index in [0.717, 1.165) is 5.56 Å². The smallest absolute Gasteiger partial charge is 0.335 e. The van der Waals surface area contributed by atoms with E-state index in [2.05, 4.69) is 37.4 Å². The molecule has 0 bridgehead atoms. The van der Waals surface area contributed by atoms with Crippen LogP contribution in [0, 0.1) is 13.8 Å². The Balaban J connectivity index is 1.86. The maximum Gasteiger partial charge on any atom is 0.335 e. The molecule has 1 heterocycles. The lowest BCUT2D eigenvalue weighted by Crippen LogP contribution is -1.99. The van der Waals surface area contributed by atoms with Gasteiger partial charge in [0.1, 0.15) is 0 Å². The van der Waals surface area contributed by atoms with Crippen molar-refractivity contribution in [2.24, 2.45) is 0 Å². The highest BCUT2D eigenvalue weighted by atomic mass is 32.1. The Kier molecular flexibility index (Phi) is 5.14. The summed E-state index contributed by atoms with van der Waals surface area (Å²) in [7, 11) is 0. The fourth-order valence-corrected chi connectivity index (χ4v) is 3.52. The zero-order valence-corrected chi connectivity index (χ0v) is 15.3. The molecule has 0 aliphatic carbocycles. The summed E-state index contributed by atoms with van der Waals surface area (Å²) in [4.78, 5) is 24.4. The summed E-state index contributed by atoms with van der Waals surface area (Å²) >= 11 is 1.69. The molecule has 0 atom stereocenters. The highest BCUT2D eigenvalue weighted by Crippen LogP contribution is 2.31. The van der Waals surface area contributed by atoms with Crippen LogP contribution in [0.5, 0.6) is 0 Å². The van der Waals surface area contributed by atoms with Gasteiger partial charge in [-0.2, -0.15) is 0 Å². The van der Waals surface area contributed by atoms with Gasteiger partial charge < -0.3 is 5.11 Å². The lowest BCUT2D eigenvalue weighted by atomic mass is 9.98. The number of rotatable bonds is 5. The zero-order valence-electron chi connectivity index (χ0n) is 14.5. The molecule has 3 nitrogen and oxygen atoms in total. The van der Waals surface area contributed by atoms with Crippen molar-refractivity contribution in [1.29, 1.82) is 0 Å². The Morgan fingerprint density at radius 1 is 1.00 bits per heavy atom. The molecule has 0 unspecified atom stereocenters. The highest BCUT2D eigenvalue weighted by molar-refractivity contribution is 7.13. The van der Waals surface area contributed by atoms with Gasteiger partial charge in [0.25, 0.3) is 0 Å². The summed E-state index contributed by atoms with van der Waals surface area (Å²) in [5.41, 5.74) is 5.19. The van der Waals surface area contributed by atoms with Gasteiger partial charge >= 0.3 is 5.97 Å². The van der Waals surface area contributed by atoms with Gasteiger partial charge in [-0.25, -0.2) is 4.79 Å². The Hall–Kier alpha value is -2.98. The van der Waals surface area contributed by atoms with E-state index in [-0.39, 0.29) is 11.3 Å². The number of benzene rings is 2. The number of thiophene rings is 1. The first-order valence-corrected chi connectivity index (χ1v) is 9.04. The second kappa shape index (κ2) is 7.50. The average molecular weight is 362 g/mol. The molecule has 130 valence electrons. The molecular formula is C22H18O3S. The predicted octanol–water partition coefficient (Wildman–Crippen LogP) is 5.63. The number of carbonyl (C=O) groups is 2. The van der Waals surface area contributed by atoms with E-state index in [1.54, 1.807) is 17.4 Å². The predicted molar refractivity (Wildman–Crippen MR) is 106 cm³/mol. The molecule has 0 amide bonds. The van der Waals surface area contributed by atoms with Crippen molar-refractivity contribution in [2.45, 2.75) is 13.8 Å². The van der Waals surface area contributed by atoms with Gasteiger partial charge in [-0.1, -0.05) is 30.3 Å². The third kappa shape index (κ3) is 3.81. The quantitative estimate of drug-likeness (QED) is 0.473. The maximum absolute atomic E-state index is 12.3. The summed E-state index contributed by atoms with van der Waals surface area (Å²) in [5.74, 6) is -1.16. The van der Waals surface area contributed by atoms with Crippen molar-refractivity contribution < 1.29 is 14.7 Å². The standard InChI is InChI=1S/C22H18O3S/c1-14-12-16(13-19(15(14)2)21-4-3-11-26-21)5-10-20(23)17-6-8-18(9-7-17)22(24)25/h3-13H,1-2H3,(H,24,25)/b10-5+. The largest absolute Gasteiger partial charge is 0.478 e. The molecule has 0 aliphatic heterocycles. The summed E-state index contributed by atoms with van der Waals surface area (Å²) in [6.07, 6.45) is 3.33. The monoisotopic (exact) mass is 362 g/mol. The SMILES string of the molecule is Cc1cc(/C=C/C(=O)c2ccc(C(=O)O)cc2)cc(-c2cccs2)c1C. The summed E-state index contributed by atoms with van der Waals surface area (Å²) in [6, 6.07) is 14.2. The highest BCUT2D eigenvalue weighted by Gasteiger charge is 2.08. The first-order chi connectivity index (χ1) is 12.5. The van der Waals surface area contributed by atoms with E-state index in [1.165, 1.54) is 51.9 Å². The summed E-state index contributed by atoms with van der Waals surface area (Å²) in [5, 5.41) is 11.0. The molecule has 26 heavy (non-hydrogen) atoms. The van der Waals surface area contributed by atoms with Crippen molar-refractivity contribution in [3.05, 3.63) is 87.8 Å². The number of carboxylic acids is 1. The molecule has 0 radical (unpaired) electrons. The van der Waals surface area contributed by atoms with E-state index < -0.39 is 5.97 Å². The number of carboxylic acid groups (broad SMARTS) is 1. The van der Waals surface area contributed by atoms with Crippen molar-refractivity contribution >= 4 is 29.2 Å². The van der Waals surface area contributed by atoms with Gasteiger partial charge in [0, 0.05) is 10.4 Å². The zero-order chi connectivity index (χ0) is 18.7. The molecule has 2 aromatic carbocycles. The average Bonchev–Trinajstić information content (AvgIpc) is 3.16. The number of hydrogen-bond acceptors (Lipinski definition) is 3. The van der Waals surface area contributed by atoms with Crippen LogP contribution in [0.25, 0.3) is 16.5 Å². The fourth-order valence-electron chi connectivity index (χ4n) is 2.72. The van der Waals surface area contributed by atoms with E-state index in [9.17, 15) is 9.59 Å². The van der Waals surface area contributed by atoms with Crippen LogP contribution in [0.4, 0.5) is 0 Å². The normalized spacial score (nSPS) is 11.0. The van der Waals surface area contributed by atoms with Crippen LogP contribution in [0.3, 0.4) is 0 Å². The number of ketones is 1. The summed E-state index contributed by atoms with van der Waals surface area (Å²) < 4.78 is 0. The Morgan fingerprint density at radius 3 is 2.31 bits per heavy atom. The number of aromatic carboxylic acids is 1. The first-order valence-electron chi connectivity index (χ1n) is 8.16. The lowest BCUT2D eigenvalue weighted by Gasteiger charge is -2.09. The minimum atomic E-state index is -1.00. The molecule has 0 saturated heterocycles. The van der Waals surface area contributed by atoms with Crippen LogP contribution in [0.1, 0.15) is 37.4 Å². The molecule has 0 fully saturated rings. The van der Waals surface area contributed by atoms with Crippen molar-refractivity contribution in [3.8, 4) is 10.4 Å². The third-order valence-electron chi connectivity index (χ3n) is 4.32. The van der Waals surface area contributed by atoms with Crippen molar-refractivity contribution in [3.63, 3.8) is 0 Å². The molecule has 0 saturated carbocycles. The van der Waals surface area contributed by atoms with Crippen LogP contribution in [-0.2, 0) is 0 Å². The van der Waals surface area contributed by atoms with Crippen LogP contribution in [0.2, 0.25) is 0 Å². The van der Waals surface area contributed by atoms with Gasteiger partial charge in [0.15, 0.2) is 5.78 Å². The van der Waals surface area contributed by atoms with E-state index >= 15 is 0 Å². The van der Waals surface area contributed by atoms with Crippen molar-refractivity contribution in [2.75, 3.05) is 0 Å². The van der Waals surface area contributed by atoms with Crippen LogP contribution >= 0.6 is 11.3 Å². The molecule has 3 rings (SSSR count). The van der Waals surface area contributed by atoms with Gasteiger partial charge in [0.05, 0.1) is 5.56 Å². The second-order valence-electron chi connectivity index (χ2n) is 6.07. The van der Waals surface area contributed by atoms with Crippen molar-refractivity contribution in [1.82, 2.24) is 0 Å². The molecular weight excluding hydrogens is 344 g/mol. The number of aryl methyl sites for hydroxylation is 1. The fraction of sp³-hybridized carbons (Fsp3) is 0.0909. The molecule has 1 aromatic heterocycles. The number of carbonyl (C=O) groups excluding carboxylic acids is 1. The van der Waals surface area contributed by atoms with Crippen LogP contribution < -0.4 is 0 Å². The minimum absolute atomic E-state index is 0.155. The maximum atomic E-state index is 12.3. The lowest BCUT2D eigenvalue weighted by molar-refractivity contribution is 0.0696. The molecule has 1 N–H and O–H groups in total. The first kappa shape index (κ1) is 17.8. The van der Waals surface area contributed by atoms with Crippen LogP contribution in [-0.4, -0.2) is 16.9 Å². The van der Waals surface area contributed by atoms with Gasteiger partial charge in [-0.05, 0) is 71.8 Å². The Morgan fingerprint density at radius 2 is 1.69 bits per heavy atom. The third-order valence-corrected chi connectivity index (χ3v) is 5.22. The minimum Gasteiger partial charge on any atom is -0.478 e. The van der Waals surface area contributed by atoms with Gasteiger partial charge in [-0.15, -0.1) is 11.3 Å². The Bertz CT molecular complexity index is 981. The van der Waals surface area contributed by atoms with E-state index in [0.29, 0.717) is 5.56 Å². The number of allylic oxidation sites excluding steroid dienone is 1. The van der Waals surface area contributed by atoms with Gasteiger partial charge in [-0.3, -0.25) is 4.79 Å². The molecule has 0 aliphatic rings. The van der Waals surface area contributed by atoms with E-state index in [1.807, 2.05) is 6.07 Å². The second-order valence-corrected chi connectivity index (χ2v) is 7.02. The van der Waals surface area contributed by atoms with Crippen LogP contribution in [0.15, 0.2) is 60.0 Å². The summed E-state index contributed by atoms with van der Waals surface area (Å²) in [6.45, 7) is 4.17. The van der Waals surface area contributed by atoms with E-state index in [4.69, 9.17) is 5.11 Å². The molecule has 4 heteroatoms. The molecule has 0 spiro atoms. The van der Waals surface area contributed by atoms with Gasteiger partial charge in [0.2, 0.25) is 0 Å². The Labute approximate surface area is 156 Å². The topological polar surface area (TPSA) is 54.4 Å². The molecule has 3 aromatic rings.